The van der Waals surface area contributed by atoms with Gasteiger partial charge in [-0.3, -0.25) is 4.79 Å². The Balaban J connectivity index is 2.42. The number of nitrogens with two attached hydrogens (primary N) is 1. The van der Waals surface area contributed by atoms with Gasteiger partial charge in [0, 0.05) is 11.6 Å². The van der Waals surface area contributed by atoms with E-state index in [1.54, 1.807) is 0 Å². The van der Waals surface area contributed by atoms with E-state index in [0.29, 0.717) is 11.8 Å². The molecule has 0 spiro atoms. The normalized spacial score (nSPS) is 12.2. The van der Waals surface area contributed by atoms with Gasteiger partial charge in [-0.15, -0.1) is 0 Å². The van der Waals surface area contributed by atoms with Crippen LogP contribution in [0.2, 0.25) is 0 Å². The molecule has 4 nitrogen and oxygen atoms in total. The van der Waals surface area contributed by atoms with Crippen LogP contribution in [0.3, 0.4) is 0 Å². The Labute approximate surface area is 137 Å². The second-order valence-corrected chi connectivity index (χ2v) is 6.02. The van der Waals surface area contributed by atoms with Crippen molar-refractivity contribution in [2.24, 2.45) is 5.73 Å². The summed E-state index contributed by atoms with van der Waals surface area (Å²) < 4.78 is 5.57. The largest absolute Gasteiger partial charge is 0.483 e. The lowest BCUT2D eigenvalue weighted by molar-refractivity contribution is -0.119. The minimum Gasteiger partial charge on any atom is -0.483 e. The van der Waals surface area contributed by atoms with Gasteiger partial charge in [0.05, 0.1) is 0 Å². The van der Waals surface area contributed by atoms with Crippen LogP contribution < -0.4 is 10.5 Å². The molecule has 0 bridgehead atoms. The molecule has 0 aliphatic rings. The third-order valence-corrected chi connectivity index (χ3v) is 3.96. The zero-order valence-electron chi connectivity index (χ0n) is 14.2. The van der Waals surface area contributed by atoms with E-state index in [9.17, 15) is 4.79 Å². The fourth-order valence-corrected chi connectivity index (χ4v) is 2.41. The molecular weight excluding hydrogens is 288 g/mol. The van der Waals surface area contributed by atoms with Crippen LogP contribution in [-0.2, 0) is 4.79 Å². The molecular formula is C19H24N2O2. The molecule has 1 atom stereocenters. The molecule has 0 aliphatic carbocycles. The van der Waals surface area contributed by atoms with Gasteiger partial charge < -0.3 is 15.4 Å². The van der Waals surface area contributed by atoms with Gasteiger partial charge in [0.1, 0.15) is 5.75 Å². The van der Waals surface area contributed by atoms with Crippen LogP contribution in [0.5, 0.6) is 5.75 Å². The topological polar surface area (TPSA) is 55.6 Å². The van der Waals surface area contributed by atoms with Crippen LogP contribution >= 0.6 is 0 Å². The summed E-state index contributed by atoms with van der Waals surface area (Å²) in [4.78, 5) is 13.2. The molecule has 122 valence electrons. The van der Waals surface area contributed by atoms with Gasteiger partial charge in [-0.25, -0.2) is 0 Å². The number of amides is 1. The van der Waals surface area contributed by atoms with Gasteiger partial charge in [-0.05, 0) is 57.3 Å². The second-order valence-electron chi connectivity index (χ2n) is 6.02. The van der Waals surface area contributed by atoms with Crippen molar-refractivity contribution in [3.05, 3.63) is 53.6 Å². The summed E-state index contributed by atoms with van der Waals surface area (Å²) >= 11 is 0. The highest BCUT2D eigenvalue weighted by molar-refractivity contribution is 5.76. The van der Waals surface area contributed by atoms with Crippen LogP contribution in [0.4, 0.5) is 0 Å². The number of rotatable bonds is 6. The van der Waals surface area contributed by atoms with Crippen molar-refractivity contribution >= 4 is 5.91 Å². The Morgan fingerprint density at radius 2 is 1.96 bits per heavy atom. The van der Waals surface area contributed by atoms with Crippen LogP contribution in [0.1, 0.15) is 24.1 Å². The van der Waals surface area contributed by atoms with Gasteiger partial charge in [0.25, 0.3) is 5.91 Å². The first kappa shape index (κ1) is 17.0. The number of hydrogen-bond donors (Lipinski definition) is 1. The van der Waals surface area contributed by atoms with Crippen molar-refractivity contribution in [3.63, 3.8) is 0 Å². The summed E-state index contributed by atoms with van der Waals surface area (Å²) in [6.07, 6.45) is 0. The monoisotopic (exact) mass is 312 g/mol. The van der Waals surface area contributed by atoms with E-state index in [-0.39, 0.29) is 6.61 Å². The summed E-state index contributed by atoms with van der Waals surface area (Å²) in [6, 6.07) is 14.6. The number of aryl methyl sites for hydroxylation is 1. The molecule has 0 fully saturated rings. The molecule has 0 aliphatic heterocycles. The highest BCUT2D eigenvalue weighted by Gasteiger charge is 2.12. The minimum absolute atomic E-state index is 0.121. The molecule has 0 radical (unpaired) electrons. The highest BCUT2D eigenvalue weighted by atomic mass is 16.5. The fourth-order valence-electron chi connectivity index (χ4n) is 2.41. The zero-order valence-corrected chi connectivity index (χ0v) is 14.2. The van der Waals surface area contributed by atoms with Gasteiger partial charge in [-0.1, -0.05) is 29.8 Å². The lowest BCUT2D eigenvalue weighted by Crippen LogP contribution is -2.20. The van der Waals surface area contributed by atoms with Gasteiger partial charge in [0.15, 0.2) is 6.61 Å². The predicted octanol–water partition coefficient (Wildman–Crippen LogP) is 3.15. The average Bonchev–Trinajstić information content (AvgIpc) is 2.52. The third kappa shape index (κ3) is 4.33. The summed E-state index contributed by atoms with van der Waals surface area (Å²) in [5.74, 6) is 0.190. The Kier molecular flexibility index (Phi) is 5.40. The maximum atomic E-state index is 11.0. The summed E-state index contributed by atoms with van der Waals surface area (Å²) in [5.41, 5.74) is 9.59. The maximum absolute atomic E-state index is 11.0. The number of nitrogens with zero attached hydrogens (tertiary/aromatic N) is 1. The van der Waals surface area contributed by atoms with Crippen molar-refractivity contribution in [2.75, 3.05) is 20.7 Å². The molecule has 23 heavy (non-hydrogen) atoms. The molecule has 2 rings (SSSR count). The molecule has 0 saturated heterocycles. The van der Waals surface area contributed by atoms with Gasteiger partial charge >= 0.3 is 0 Å². The Hall–Kier alpha value is -2.33. The zero-order chi connectivity index (χ0) is 17.0. The Morgan fingerprint density at radius 1 is 1.22 bits per heavy atom. The molecule has 1 amide bonds. The van der Waals surface area contributed by atoms with Crippen molar-refractivity contribution in [3.8, 4) is 16.9 Å². The number of benzene rings is 2. The fraction of sp³-hybridized carbons (Fsp3) is 0.316. The standard InChI is InChI=1S/C19H24N2O2/c1-13-8-9-18(23-12-19(20)22)17(10-13)16-7-5-6-15(11-16)14(2)21(3)4/h5-11,14H,12H2,1-4H3,(H2,20,22)/t14-/m0/s1. The number of primary amides is 1. The maximum Gasteiger partial charge on any atom is 0.255 e. The minimum atomic E-state index is -0.480. The SMILES string of the molecule is Cc1ccc(OCC(N)=O)c(-c2cccc([C@H](C)N(C)C)c2)c1. The van der Waals surface area contributed by atoms with E-state index in [1.165, 1.54) is 5.56 Å². The van der Waals surface area contributed by atoms with Crippen molar-refractivity contribution in [2.45, 2.75) is 19.9 Å². The Morgan fingerprint density at radius 3 is 2.61 bits per heavy atom. The summed E-state index contributed by atoms with van der Waals surface area (Å²) in [5, 5.41) is 0. The van der Waals surface area contributed by atoms with Gasteiger partial charge in [0.2, 0.25) is 0 Å². The predicted molar refractivity (Wildman–Crippen MR) is 93.4 cm³/mol. The smallest absolute Gasteiger partial charge is 0.255 e. The molecule has 4 heteroatoms. The highest BCUT2D eigenvalue weighted by Crippen LogP contribution is 2.33. The third-order valence-electron chi connectivity index (χ3n) is 3.96. The molecule has 0 unspecified atom stereocenters. The van der Waals surface area contributed by atoms with Crippen LogP contribution in [0, 0.1) is 6.92 Å². The molecule has 0 saturated carbocycles. The van der Waals surface area contributed by atoms with E-state index in [0.717, 1.165) is 16.7 Å². The average molecular weight is 312 g/mol. The van der Waals surface area contributed by atoms with E-state index in [4.69, 9.17) is 10.5 Å². The summed E-state index contributed by atoms with van der Waals surface area (Å²) in [6.45, 7) is 4.08. The van der Waals surface area contributed by atoms with Crippen LogP contribution in [0.25, 0.3) is 11.1 Å². The first-order valence-electron chi connectivity index (χ1n) is 7.67. The first-order chi connectivity index (χ1) is 10.9. The first-order valence-corrected chi connectivity index (χ1v) is 7.67. The van der Waals surface area contributed by atoms with Crippen LogP contribution in [-0.4, -0.2) is 31.5 Å². The quantitative estimate of drug-likeness (QED) is 0.891. The van der Waals surface area contributed by atoms with Gasteiger partial charge in [-0.2, -0.15) is 0 Å². The number of carbonyl (C=O) groups excluding carboxylic acids is 1. The lowest BCUT2D eigenvalue weighted by Gasteiger charge is -2.21. The van der Waals surface area contributed by atoms with Crippen LogP contribution in [0.15, 0.2) is 42.5 Å². The molecule has 0 heterocycles. The van der Waals surface area contributed by atoms with Crippen molar-refractivity contribution in [1.82, 2.24) is 4.90 Å². The van der Waals surface area contributed by atoms with E-state index in [1.807, 2.05) is 25.1 Å². The van der Waals surface area contributed by atoms with Crippen molar-refractivity contribution < 1.29 is 9.53 Å². The second kappa shape index (κ2) is 7.29. The van der Waals surface area contributed by atoms with E-state index in [2.05, 4.69) is 50.2 Å². The molecule has 0 aromatic heterocycles. The molecule has 2 N–H and O–H groups in total. The number of ether oxygens (including phenoxy) is 1. The summed E-state index contributed by atoms with van der Waals surface area (Å²) in [7, 11) is 4.12. The molecule has 2 aromatic carbocycles. The van der Waals surface area contributed by atoms with E-state index >= 15 is 0 Å². The Bertz CT molecular complexity index is 696. The molecule has 2 aromatic rings. The van der Waals surface area contributed by atoms with E-state index < -0.39 is 5.91 Å². The lowest BCUT2D eigenvalue weighted by atomic mass is 9.98. The van der Waals surface area contributed by atoms with Crippen molar-refractivity contribution in [1.29, 1.82) is 0 Å². The number of carbonyl (C=O) groups is 1. The number of hydrogen-bond acceptors (Lipinski definition) is 3.